The third kappa shape index (κ3) is 7.64. The Morgan fingerprint density at radius 1 is 1.15 bits per heavy atom. The molecule has 12 heteroatoms. The van der Waals surface area contributed by atoms with E-state index in [4.69, 9.17) is 18.9 Å². The number of esters is 2. The van der Waals surface area contributed by atoms with E-state index in [0.717, 1.165) is 36.0 Å². The second-order valence-electron chi connectivity index (χ2n) is 15.0. The zero-order chi connectivity index (χ0) is 37.3. The lowest BCUT2D eigenvalue weighted by molar-refractivity contribution is -0.355. The van der Waals surface area contributed by atoms with Crippen molar-refractivity contribution in [3.63, 3.8) is 0 Å². The molecule has 282 valence electrons. The summed E-state index contributed by atoms with van der Waals surface area (Å²) in [7, 11) is 1.42. The van der Waals surface area contributed by atoms with Crippen molar-refractivity contribution in [2.75, 3.05) is 33.4 Å². The number of hydrogen-bond acceptors (Lipinski definition) is 12. The summed E-state index contributed by atoms with van der Waals surface area (Å²) in [6, 6.07) is 8.88. The maximum absolute atomic E-state index is 14.5. The van der Waals surface area contributed by atoms with Gasteiger partial charge in [-0.3, -0.25) is 4.79 Å². The molecule has 2 bridgehead atoms. The number of β-amino-alcohol motifs (C(OH)–C–C–N with tert-alkyl or cyclic N) is 1. The molecule has 12 nitrogen and oxygen atoms in total. The van der Waals surface area contributed by atoms with Crippen LogP contribution in [0.15, 0.2) is 42.0 Å². The summed E-state index contributed by atoms with van der Waals surface area (Å²) in [5.41, 5.74) is 6.17. The highest BCUT2D eigenvalue weighted by molar-refractivity contribution is 5.94. The van der Waals surface area contributed by atoms with Crippen LogP contribution in [0.1, 0.15) is 73.8 Å². The molecule has 0 amide bonds. The van der Waals surface area contributed by atoms with Crippen LogP contribution in [0, 0.1) is 17.8 Å². The lowest BCUT2D eigenvalue weighted by atomic mass is 9.65. The number of aliphatic hydroxyl groups excluding tert-OH is 3. The van der Waals surface area contributed by atoms with E-state index in [-0.39, 0.29) is 55.7 Å². The number of fused-ring (bicyclic) bond motifs is 2. The van der Waals surface area contributed by atoms with Crippen LogP contribution in [0.5, 0.6) is 11.5 Å². The van der Waals surface area contributed by atoms with Gasteiger partial charge in [-0.1, -0.05) is 38.1 Å². The van der Waals surface area contributed by atoms with E-state index < -0.39 is 48.1 Å². The van der Waals surface area contributed by atoms with Gasteiger partial charge in [-0.15, -0.1) is 0 Å². The molecule has 6 N–H and O–H groups in total. The number of rotatable bonds is 12. The number of allylic oxidation sites excluding steroid dienone is 1. The summed E-state index contributed by atoms with van der Waals surface area (Å²) in [6.07, 6.45) is 1.87. The Kier molecular flexibility index (Phi) is 11.4. The molecule has 2 fully saturated rings. The minimum atomic E-state index is -2.11. The van der Waals surface area contributed by atoms with Gasteiger partial charge in [0.1, 0.15) is 12.2 Å². The minimum absolute atomic E-state index is 0.0252. The quantitative estimate of drug-likeness (QED) is 0.139. The first kappa shape index (κ1) is 38.0. The van der Waals surface area contributed by atoms with Gasteiger partial charge >= 0.3 is 11.9 Å². The SMILES string of the molecule is COc1cc(C=C(C[C@H]2c3cc(CCO)cc4c3C(=C[C@H]2CO)[C@H](CC(C)C)CC4)C(=O)O[C@H]2[C@H](OC(C)=O)[C@@H](O)[C@H]3CNC[C@@]2(O)O3)ccc1O. The fraction of sp³-hybridized carbons (Fsp3) is 0.550. The third-order valence-corrected chi connectivity index (χ3v) is 10.8. The van der Waals surface area contributed by atoms with Crippen molar-refractivity contribution in [3.8, 4) is 11.5 Å². The first-order valence-corrected chi connectivity index (χ1v) is 18.2. The van der Waals surface area contributed by atoms with E-state index in [1.807, 2.05) is 0 Å². The van der Waals surface area contributed by atoms with Gasteiger partial charge in [-0.25, -0.2) is 4.79 Å². The predicted molar refractivity (Wildman–Crippen MR) is 191 cm³/mol. The van der Waals surface area contributed by atoms with Gasteiger partial charge in [0, 0.05) is 38.2 Å². The molecule has 2 heterocycles. The molecular weight excluding hydrogens is 670 g/mol. The number of nitrogens with one attached hydrogen (secondary N) is 1. The van der Waals surface area contributed by atoms with Crippen molar-refractivity contribution in [2.24, 2.45) is 17.8 Å². The molecule has 0 aromatic heterocycles. The molecule has 2 saturated heterocycles. The Hall–Kier alpha value is -3.78. The number of phenols is 1. The molecule has 0 radical (unpaired) electrons. The lowest BCUT2D eigenvalue weighted by Crippen LogP contribution is -2.73. The summed E-state index contributed by atoms with van der Waals surface area (Å²) < 4.78 is 22.6. The molecule has 2 aliphatic carbocycles. The Balaban J connectivity index is 1.44. The van der Waals surface area contributed by atoms with Crippen LogP contribution >= 0.6 is 0 Å². The molecule has 0 saturated carbocycles. The first-order valence-electron chi connectivity index (χ1n) is 18.2. The van der Waals surface area contributed by atoms with Gasteiger partial charge < -0.3 is 49.8 Å². The number of ether oxygens (including phenoxy) is 4. The summed E-state index contributed by atoms with van der Waals surface area (Å²) in [6.45, 7) is 5.42. The summed E-state index contributed by atoms with van der Waals surface area (Å²) in [5.74, 6) is -3.55. The van der Waals surface area contributed by atoms with Crippen LogP contribution in [-0.4, -0.2) is 101 Å². The predicted octanol–water partition coefficient (Wildman–Crippen LogP) is 3.00. The smallest absolute Gasteiger partial charge is 0.334 e. The van der Waals surface area contributed by atoms with E-state index >= 15 is 0 Å². The number of methoxy groups -OCH3 is 1. The van der Waals surface area contributed by atoms with Gasteiger partial charge in [0.25, 0.3) is 0 Å². The number of hydrogen-bond donors (Lipinski definition) is 6. The number of aryl methyl sites for hydroxylation is 1. The number of aliphatic hydroxyl groups is 4. The topological polar surface area (TPSA) is 184 Å². The average Bonchev–Trinajstić information content (AvgIpc) is 3.10. The fourth-order valence-corrected chi connectivity index (χ4v) is 8.49. The minimum Gasteiger partial charge on any atom is -0.504 e. The lowest BCUT2D eigenvalue weighted by Gasteiger charge is -2.51. The number of aromatic hydroxyl groups is 1. The molecule has 4 aliphatic rings. The highest BCUT2D eigenvalue weighted by Crippen LogP contribution is 2.50. The number of carbonyl (C=O) groups excluding carboxylic acids is 2. The van der Waals surface area contributed by atoms with Gasteiger partial charge in [0.15, 0.2) is 23.7 Å². The van der Waals surface area contributed by atoms with E-state index in [1.165, 1.54) is 31.2 Å². The van der Waals surface area contributed by atoms with E-state index in [9.17, 15) is 35.1 Å². The Labute approximate surface area is 304 Å². The van der Waals surface area contributed by atoms with E-state index in [1.54, 1.807) is 18.2 Å². The van der Waals surface area contributed by atoms with E-state index in [0.29, 0.717) is 23.8 Å². The molecule has 6 rings (SSSR count). The van der Waals surface area contributed by atoms with Gasteiger partial charge in [0.2, 0.25) is 5.79 Å². The second-order valence-corrected chi connectivity index (χ2v) is 15.0. The molecule has 2 aliphatic heterocycles. The van der Waals surface area contributed by atoms with Crippen molar-refractivity contribution in [3.05, 3.63) is 69.8 Å². The van der Waals surface area contributed by atoms with Crippen molar-refractivity contribution in [1.82, 2.24) is 5.32 Å². The highest BCUT2D eigenvalue weighted by atomic mass is 16.7. The van der Waals surface area contributed by atoms with Crippen molar-refractivity contribution >= 4 is 23.6 Å². The van der Waals surface area contributed by atoms with Crippen LogP contribution in [-0.2, 0) is 36.6 Å². The standard InChI is InChI=1S/C40H51NO11/c1-21(2)11-25-6-7-26-12-24(9-10-42)14-31-29(28(19-43)17-30(25)35(26)31)16-27(13-23-5-8-32(45)33(15-23)49-4)39(47)51-38-37(50-22(3)44)36(46)34-18-41-20-40(38,48)52-34/h5,8,12-15,17,21,25,28-29,34,36-38,41-43,45-46,48H,6-7,9-11,16,18-20H2,1-4H3/t25-,28-,29+,34+,36-,37+,38-,40+/m0/s1. The summed E-state index contributed by atoms with van der Waals surface area (Å²) in [4.78, 5) is 26.7. The van der Waals surface area contributed by atoms with Crippen LogP contribution < -0.4 is 10.1 Å². The Morgan fingerprint density at radius 2 is 1.94 bits per heavy atom. The molecule has 8 atom stereocenters. The van der Waals surface area contributed by atoms with Crippen molar-refractivity contribution < 1.29 is 54.1 Å². The maximum Gasteiger partial charge on any atom is 0.334 e. The van der Waals surface area contributed by atoms with Gasteiger partial charge in [-0.2, -0.15) is 0 Å². The maximum atomic E-state index is 14.5. The van der Waals surface area contributed by atoms with Crippen LogP contribution in [0.2, 0.25) is 0 Å². The number of benzene rings is 2. The molecular formula is C40H51NO11. The monoisotopic (exact) mass is 721 g/mol. The molecule has 2 aromatic rings. The summed E-state index contributed by atoms with van der Waals surface area (Å²) >= 11 is 0. The highest BCUT2D eigenvalue weighted by Gasteiger charge is 2.59. The molecule has 52 heavy (non-hydrogen) atoms. The van der Waals surface area contributed by atoms with Crippen LogP contribution in [0.4, 0.5) is 0 Å². The normalized spacial score (nSPS) is 29.6. The zero-order valence-electron chi connectivity index (χ0n) is 30.2. The Bertz CT molecular complexity index is 1720. The Morgan fingerprint density at radius 3 is 2.63 bits per heavy atom. The summed E-state index contributed by atoms with van der Waals surface area (Å²) in [5, 5.41) is 56.8. The fourth-order valence-electron chi connectivity index (χ4n) is 8.49. The van der Waals surface area contributed by atoms with E-state index in [2.05, 4.69) is 37.4 Å². The zero-order valence-corrected chi connectivity index (χ0v) is 30.2. The largest absolute Gasteiger partial charge is 0.504 e. The second kappa shape index (κ2) is 15.7. The average molecular weight is 722 g/mol. The third-order valence-electron chi connectivity index (χ3n) is 10.8. The van der Waals surface area contributed by atoms with Crippen LogP contribution in [0.3, 0.4) is 0 Å². The number of phenolic OH excluding ortho intramolecular Hbond substituents is 1. The number of carbonyl (C=O) groups is 2. The molecule has 2 aromatic carbocycles. The van der Waals surface area contributed by atoms with Crippen LogP contribution in [0.25, 0.3) is 11.6 Å². The van der Waals surface area contributed by atoms with Gasteiger partial charge in [-0.05, 0) is 101 Å². The van der Waals surface area contributed by atoms with Crippen molar-refractivity contribution in [2.45, 2.75) is 89.0 Å². The number of morpholine rings is 1. The van der Waals surface area contributed by atoms with Gasteiger partial charge in [0.05, 0.1) is 13.7 Å². The van der Waals surface area contributed by atoms with Crippen molar-refractivity contribution in [1.29, 1.82) is 0 Å². The first-order chi connectivity index (χ1) is 24.8. The molecule has 0 unspecified atom stereocenters. The molecule has 0 spiro atoms.